The van der Waals surface area contributed by atoms with E-state index in [4.69, 9.17) is 14.2 Å². The summed E-state index contributed by atoms with van der Waals surface area (Å²) < 4.78 is 56.8. The van der Waals surface area contributed by atoms with Crippen molar-refractivity contribution in [3.05, 3.63) is 120 Å². The number of amides is 1. The monoisotopic (exact) mass is 735 g/mol. The maximum atomic E-state index is 13.0. The average Bonchev–Trinajstić information content (AvgIpc) is 2.98. The number of nitro groups is 1. The van der Waals surface area contributed by atoms with Crippen molar-refractivity contribution < 1.29 is 37.1 Å². The molecule has 0 spiro atoms. The molecule has 0 saturated carbocycles. The summed E-state index contributed by atoms with van der Waals surface area (Å²) in [7, 11) is 0. The summed E-state index contributed by atoms with van der Waals surface area (Å²) in [5, 5.41) is 15.4. The molecule has 228 valence electrons. The van der Waals surface area contributed by atoms with Crippen LogP contribution in [0.3, 0.4) is 0 Å². The van der Waals surface area contributed by atoms with Gasteiger partial charge in [0.1, 0.15) is 6.61 Å². The van der Waals surface area contributed by atoms with Crippen LogP contribution in [0.1, 0.15) is 34.0 Å². The number of hydrazone groups is 1. The van der Waals surface area contributed by atoms with Gasteiger partial charge in [-0.25, -0.2) is 5.43 Å². The second-order valence-corrected chi connectivity index (χ2v) is 10.6. The number of nitrogens with one attached hydrogen (secondary N) is 1. The third kappa shape index (κ3) is 8.35. The molecule has 0 unspecified atom stereocenters. The van der Waals surface area contributed by atoms with Gasteiger partial charge in [0.25, 0.3) is 5.91 Å². The second-order valence-electron chi connectivity index (χ2n) is 8.92. The Morgan fingerprint density at radius 2 is 1.64 bits per heavy atom. The number of nitrogens with zero attached hydrogens (tertiary/aromatic N) is 2. The minimum Gasteiger partial charge on any atom is -0.490 e. The fourth-order valence-corrected chi connectivity index (χ4v) is 5.17. The quantitative estimate of drug-likeness (QED) is 0.0937. The van der Waals surface area contributed by atoms with E-state index in [0.717, 1.165) is 11.6 Å². The molecule has 0 aliphatic carbocycles. The summed E-state index contributed by atoms with van der Waals surface area (Å²) in [6, 6.07) is 19.4. The molecular formula is C30H22Br2F3N3O6. The lowest BCUT2D eigenvalue weighted by atomic mass is 10.2. The predicted molar refractivity (Wildman–Crippen MR) is 163 cm³/mol. The molecule has 4 aromatic rings. The van der Waals surface area contributed by atoms with Crippen LogP contribution in [0.15, 0.2) is 92.9 Å². The smallest absolute Gasteiger partial charge is 0.416 e. The number of hydrogen-bond donors (Lipinski definition) is 1. The number of benzene rings is 4. The number of halogens is 5. The van der Waals surface area contributed by atoms with Crippen LogP contribution in [0.2, 0.25) is 0 Å². The Morgan fingerprint density at radius 1 is 0.955 bits per heavy atom. The van der Waals surface area contributed by atoms with E-state index in [1.807, 2.05) is 37.3 Å². The number of carbonyl (C=O) groups is 1. The van der Waals surface area contributed by atoms with Crippen LogP contribution >= 0.6 is 31.9 Å². The number of carbonyl (C=O) groups excluding carboxylic acids is 1. The Bertz CT molecular complexity index is 1680. The summed E-state index contributed by atoms with van der Waals surface area (Å²) in [6.07, 6.45) is -3.41. The molecule has 0 aliphatic heterocycles. The molecule has 9 nitrogen and oxygen atoms in total. The first-order valence-corrected chi connectivity index (χ1v) is 14.3. The Morgan fingerprint density at radius 3 is 2.27 bits per heavy atom. The van der Waals surface area contributed by atoms with Gasteiger partial charge in [0, 0.05) is 11.6 Å². The molecule has 4 aromatic carbocycles. The van der Waals surface area contributed by atoms with E-state index in [1.54, 1.807) is 18.2 Å². The molecule has 44 heavy (non-hydrogen) atoms. The van der Waals surface area contributed by atoms with Crippen LogP contribution in [0, 0.1) is 10.1 Å². The maximum absolute atomic E-state index is 13.0. The molecule has 4 rings (SSSR count). The Labute approximate surface area is 266 Å². The van der Waals surface area contributed by atoms with E-state index >= 15 is 0 Å². The summed E-state index contributed by atoms with van der Waals surface area (Å²) >= 11 is 6.60. The zero-order chi connectivity index (χ0) is 31.9. The number of ether oxygens (including phenoxy) is 3. The minimum absolute atomic E-state index is 0.0760. The Kier molecular flexibility index (Phi) is 10.6. The average molecular weight is 737 g/mol. The molecule has 0 bridgehead atoms. The van der Waals surface area contributed by atoms with Gasteiger partial charge in [-0.1, -0.05) is 30.3 Å². The predicted octanol–water partition coefficient (Wildman–Crippen LogP) is 8.67. The van der Waals surface area contributed by atoms with Crippen LogP contribution in [-0.2, 0) is 12.8 Å². The normalized spacial score (nSPS) is 11.3. The lowest BCUT2D eigenvalue weighted by Crippen LogP contribution is -2.17. The zero-order valence-electron chi connectivity index (χ0n) is 22.7. The molecule has 0 aliphatic rings. The largest absolute Gasteiger partial charge is 0.490 e. The van der Waals surface area contributed by atoms with Crippen LogP contribution in [0.5, 0.6) is 23.0 Å². The van der Waals surface area contributed by atoms with Crippen molar-refractivity contribution in [1.29, 1.82) is 0 Å². The summed E-state index contributed by atoms with van der Waals surface area (Å²) in [4.78, 5) is 23.2. The third-order valence-electron chi connectivity index (χ3n) is 5.84. The van der Waals surface area contributed by atoms with Crippen molar-refractivity contribution in [2.45, 2.75) is 19.7 Å². The van der Waals surface area contributed by atoms with Gasteiger partial charge in [-0.05, 0) is 92.4 Å². The first kappa shape index (κ1) is 32.5. The fourth-order valence-electron chi connectivity index (χ4n) is 3.79. The molecule has 0 heterocycles. The molecule has 0 radical (unpaired) electrons. The van der Waals surface area contributed by atoms with Gasteiger partial charge < -0.3 is 14.2 Å². The first-order chi connectivity index (χ1) is 21.0. The van der Waals surface area contributed by atoms with Crippen molar-refractivity contribution in [2.75, 3.05) is 6.61 Å². The number of alkyl halides is 3. The topological polar surface area (TPSA) is 112 Å². The highest BCUT2D eigenvalue weighted by atomic mass is 79.9. The van der Waals surface area contributed by atoms with Crippen LogP contribution in [0.25, 0.3) is 0 Å². The van der Waals surface area contributed by atoms with E-state index in [9.17, 15) is 28.1 Å². The second kappa shape index (κ2) is 14.4. The van der Waals surface area contributed by atoms with Crippen molar-refractivity contribution in [1.82, 2.24) is 5.43 Å². The van der Waals surface area contributed by atoms with Crippen LogP contribution in [-0.4, -0.2) is 23.7 Å². The van der Waals surface area contributed by atoms with Gasteiger partial charge in [-0.2, -0.15) is 18.3 Å². The lowest BCUT2D eigenvalue weighted by Gasteiger charge is -2.13. The lowest BCUT2D eigenvalue weighted by molar-refractivity contribution is -0.385. The molecule has 1 amide bonds. The van der Waals surface area contributed by atoms with Gasteiger partial charge in [0.15, 0.2) is 17.2 Å². The summed E-state index contributed by atoms with van der Waals surface area (Å²) in [5.41, 5.74) is 2.14. The highest BCUT2D eigenvalue weighted by Gasteiger charge is 2.33. The van der Waals surface area contributed by atoms with Crippen molar-refractivity contribution in [3.8, 4) is 23.0 Å². The zero-order valence-corrected chi connectivity index (χ0v) is 25.9. The van der Waals surface area contributed by atoms with Crippen molar-refractivity contribution in [3.63, 3.8) is 0 Å². The van der Waals surface area contributed by atoms with Crippen molar-refractivity contribution in [2.24, 2.45) is 5.10 Å². The number of nitro benzene ring substituents is 1. The highest BCUT2D eigenvalue weighted by molar-refractivity contribution is 9.11. The van der Waals surface area contributed by atoms with E-state index in [0.29, 0.717) is 51.4 Å². The van der Waals surface area contributed by atoms with E-state index < -0.39 is 28.3 Å². The van der Waals surface area contributed by atoms with E-state index in [1.165, 1.54) is 18.3 Å². The standard InChI is InChI=1S/C30H22Br2F3N3O6/c1-2-42-27-14-20(8-10-26(27)43-17-18-6-4-3-5-7-18)29(39)37-36-16-19-12-22(31)28(23(32)13-19)44-25-11-9-21(30(33,34)35)15-24(25)38(40)41/h3-16H,2,17H2,1H3,(H,37,39)/b36-16+. The Balaban J connectivity index is 1.45. The van der Waals surface area contributed by atoms with Gasteiger partial charge in [0.05, 0.1) is 32.3 Å². The minimum atomic E-state index is -4.76. The molecule has 0 saturated heterocycles. The summed E-state index contributed by atoms with van der Waals surface area (Å²) in [6.45, 7) is 2.50. The van der Waals surface area contributed by atoms with Gasteiger partial charge in [-0.15, -0.1) is 0 Å². The fraction of sp³-hybridized carbons (Fsp3) is 0.133. The number of rotatable bonds is 11. The molecule has 0 atom stereocenters. The molecule has 14 heteroatoms. The van der Waals surface area contributed by atoms with Crippen LogP contribution < -0.4 is 19.6 Å². The maximum Gasteiger partial charge on any atom is 0.416 e. The molecule has 1 N–H and O–H groups in total. The number of hydrogen-bond acceptors (Lipinski definition) is 7. The highest BCUT2D eigenvalue weighted by Crippen LogP contribution is 2.42. The SMILES string of the molecule is CCOc1cc(C(=O)N/N=C/c2cc(Br)c(Oc3ccc(C(F)(F)F)cc3[N+](=O)[O-])c(Br)c2)ccc1OCc1ccccc1. The molecule has 0 fully saturated rings. The van der Waals surface area contributed by atoms with Crippen LogP contribution in [0.4, 0.5) is 18.9 Å². The van der Waals surface area contributed by atoms with E-state index in [2.05, 4.69) is 42.4 Å². The van der Waals surface area contributed by atoms with E-state index in [-0.39, 0.29) is 17.1 Å². The van der Waals surface area contributed by atoms with Gasteiger partial charge >= 0.3 is 11.9 Å². The molecule has 0 aromatic heterocycles. The Hall–Kier alpha value is -4.43. The molecular weight excluding hydrogens is 715 g/mol. The van der Waals surface area contributed by atoms with Crippen molar-refractivity contribution >= 4 is 49.7 Å². The van der Waals surface area contributed by atoms with Gasteiger partial charge in [-0.3, -0.25) is 14.9 Å². The first-order valence-electron chi connectivity index (χ1n) is 12.8. The summed E-state index contributed by atoms with van der Waals surface area (Å²) in [5.74, 6) is 0.0590. The van der Waals surface area contributed by atoms with Gasteiger partial charge in [0.2, 0.25) is 5.75 Å². The third-order valence-corrected chi connectivity index (χ3v) is 7.02.